The van der Waals surface area contributed by atoms with E-state index in [1.54, 1.807) is 22.6 Å². The van der Waals surface area contributed by atoms with E-state index in [0.717, 1.165) is 0 Å². The second-order valence-electron chi connectivity index (χ2n) is 2.31. The van der Waals surface area contributed by atoms with Gasteiger partial charge in [-0.3, -0.25) is 10.1 Å². The Morgan fingerprint density at radius 1 is 1.53 bits per heavy atom. The van der Waals surface area contributed by atoms with Crippen LogP contribution in [-0.4, -0.2) is 28.6 Å². The third-order valence-corrected chi connectivity index (χ3v) is 3.84. The summed E-state index contributed by atoms with van der Waals surface area (Å²) in [4.78, 5) is 11.1. The molecule has 0 saturated heterocycles. The van der Waals surface area contributed by atoms with Crippen molar-refractivity contribution in [3.05, 3.63) is 0 Å². The summed E-state index contributed by atoms with van der Waals surface area (Å²) in [5, 5.41) is 13.8. The second-order valence-corrected chi connectivity index (χ2v) is 6.36. The number of anilines is 1. The number of nitrogens with zero attached hydrogens (tertiary/aromatic N) is 2. The SMILES string of the molecule is NC(I)C(=O)Nc1nnc(S(N)(=O)=O)s1. The van der Waals surface area contributed by atoms with Crippen molar-refractivity contribution < 1.29 is 13.2 Å². The van der Waals surface area contributed by atoms with E-state index < -0.39 is 20.0 Å². The van der Waals surface area contributed by atoms with Crippen molar-refractivity contribution in [2.45, 2.75) is 8.39 Å². The van der Waals surface area contributed by atoms with E-state index in [9.17, 15) is 13.2 Å². The number of rotatable bonds is 3. The number of amides is 1. The van der Waals surface area contributed by atoms with E-state index in [4.69, 9.17) is 10.9 Å². The van der Waals surface area contributed by atoms with Crippen LogP contribution >= 0.6 is 33.9 Å². The Morgan fingerprint density at radius 3 is 2.53 bits per heavy atom. The number of nitrogens with one attached hydrogen (secondary N) is 1. The molecule has 0 aromatic carbocycles. The summed E-state index contributed by atoms with van der Waals surface area (Å²) < 4.78 is 20.5. The molecule has 1 unspecified atom stereocenters. The van der Waals surface area contributed by atoms with Crippen LogP contribution in [0.2, 0.25) is 0 Å². The fourth-order valence-electron chi connectivity index (χ4n) is 0.550. The van der Waals surface area contributed by atoms with Gasteiger partial charge in [0.1, 0.15) is 4.05 Å². The van der Waals surface area contributed by atoms with Crippen LogP contribution in [0.4, 0.5) is 5.13 Å². The molecular formula is C4H6IN5O3S2. The molecule has 15 heavy (non-hydrogen) atoms. The number of hydrogen-bond donors (Lipinski definition) is 3. The molecule has 1 atom stereocenters. The topological polar surface area (TPSA) is 141 Å². The maximum atomic E-state index is 11.1. The van der Waals surface area contributed by atoms with Gasteiger partial charge in [-0.05, 0) is 0 Å². The molecule has 11 heteroatoms. The van der Waals surface area contributed by atoms with Gasteiger partial charge in [-0.25, -0.2) is 13.6 Å². The fraction of sp³-hybridized carbons (Fsp3) is 0.250. The summed E-state index contributed by atoms with van der Waals surface area (Å²) in [6.45, 7) is 0. The number of hydrogen-bond acceptors (Lipinski definition) is 7. The highest BCUT2D eigenvalue weighted by Crippen LogP contribution is 2.18. The molecule has 5 N–H and O–H groups in total. The van der Waals surface area contributed by atoms with Gasteiger partial charge in [0.15, 0.2) is 0 Å². The highest BCUT2D eigenvalue weighted by Gasteiger charge is 2.17. The van der Waals surface area contributed by atoms with Crippen LogP contribution in [-0.2, 0) is 14.8 Å². The maximum absolute atomic E-state index is 11.1. The first-order chi connectivity index (χ1) is 6.80. The number of carbonyl (C=O) groups is 1. The van der Waals surface area contributed by atoms with Gasteiger partial charge in [0.2, 0.25) is 9.47 Å². The number of alkyl halides is 1. The molecule has 0 aliphatic heterocycles. The monoisotopic (exact) mass is 363 g/mol. The van der Waals surface area contributed by atoms with Crippen molar-refractivity contribution in [3.63, 3.8) is 0 Å². The van der Waals surface area contributed by atoms with Crippen molar-refractivity contribution in [2.75, 3.05) is 5.32 Å². The number of halogens is 1. The van der Waals surface area contributed by atoms with E-state index in [2.05, 4.69) is 15.5 Å². The van der Waals surface area contributed by atoms with Crippen molar-refractivity contribution in [2.24, 2.45) is 10.9 Å². The first kappa shape index (κ1) is 12.7. The largest absolute Gasteiger partial charge is 0.312 e. The predicted octanol–water partition coefficient (Wildman–Crippen LogP) is -1.16. The number of nitrogens with two attached hydrogens (primary N) is 2. The Balaban J connectivity index is 2.83. The first-order valence-corrected chi connectivity index (χ1v) is 6.98. The molecule has 84 valence electrons. The molecule has 1 heterocycles. The molecule has 1 rings (SSSR count). The zero-order valence-electron chi connectivity index (χ0n) is 7.05. The minimum Gasteiger partial charge on any atom is -0.312 e. The zero-order chi connectivity index (χ0) is 11.6. The Kier molecular flexibility index (Phi) is 3.93. The van der Waals surface area contributed by atoms with Crippen molar-refractivity contribution >= 4 is 55.0 Å². The Labute approximate surface area is 103 Å². The van der Waals surface area contributed by atoms with E-state index in [1.165, 1.54) is 0 Å². The number of aromatic nitrogens is 2. The first-order valence-electron chi connectivity index (χ1n) is 3.37. The van der Waals surface area contributed by atoms with Crippen LogP contribution in [0, 0.1) is 0 Å². The van der Waals surface area contributed by atoms with Crippen LogP contribution in [0.5, 0.6) is 0 Å². The van der Waals surface area contributed by atoms with Crippen LogP contribution in [0.15, 0.2) is 4.34 Å². The molecule has 0 aliphatic rings. The van der Waals surface area contributed by atoms with Gasteiger partial charge in [0.05, 0.1) is 0 Å². The van der Waals surface area contributed by atoms with Crippen molar-refractivity contribution in [3.8, 4) is 0 Å². The molecule has 1 aromatic heterocycles. The molecule has 8 nitrogen and oxygen atoms in total. The van der Waals surface area contributed by atoms with Gasteiger partial charge >= 0.3 is 0 Å². The van der Waals surface area contributed by atoms with E-state index in [0.29, 0.717) is 11.3 Å². The summed E-state index contributed by atoms with van der Waals surface area (Å²) in [6, 6.07) is 0. The Morgan fingerprint density at radius 2 is 2.13 bits per heavy atom. The van der Waals surface area contributed by atoms with Crippen molar-refractivity contribution in [1.82, 2.24) is 10.2 Å². The van der Waals surface area contributed by atoms with Gasteiger partial charge in [0, 0.05) is 0 Å². The van der Waals surface area contributed by atoms with Gasteiger partial charge in [-0.2, -0.15) is 0 Å². The molecule has 0 spiro atoms. The third kappa shape index (κ3) is 3.60. The van der Waals surface area contributed by atoms with Crippen LogP contribution in [0.25, 0.3) is 0 Å². The van der Waals surface area contributed by atoms with Crippen LogP contribution in [0.3, 0.4) is 0 Å². The van der Waals surface area contributed by atoms with Gasteiger partial charge < -0.3 is 5.73 Å². The summed E-state index contributed by atoms with van der Waals surface area (Å²) in [7, 11) is -3.88. The smallest absolute Gasteiger partial charge is 0.267 e. The normalized spacial score (nSPS) is 13.5. The molecule has 0 saturated carbocycles. The quantitative estimate of drug-likeness (QED) is 0.268. The minimum absolute atomic E-state index is 0.0381. The zero-order valence-corrected chi connectivity index (χ0v) is 10.8. The lowest BCUT2D eigenvalue weighted by Gasteiger charge is -2.00. The highest BCUT2D eigenvalue weighted by atomic mass is 127. The summed E-state index contributed by atoms with van der Waals surface area (Å²) >= 11 is 2.36. The van der Waals surface area contributed by atoms with Crippen molar-refractivity contribution in [1.29, 1.82) is 0 Å². The lowest BCUT2D eigenvalue weighted by Crippen LogP contribution is -2.29. The standard InChI is InChI=1S/C4H6IN5O3S2/c5-1(6)2(11)8-3-9-10-4(14-3)15(7,12)13/h1H,6H2,(H2,7,12,13)(H,8,9,11). The molecule has 0 bridgehead atoms. The third-order valence-electron chi connectivity index (χ3n) is 1.13. The lowest BCUT2D eigenvalue weighted by molar-refractivity contribution is -0.115. The molecule has 0 radical (unpaired) electrons. The number of carbonyl (C=O) groups excluding carboxylic acids is 1. The highest BCUT2D eigenvalue weighted by molar-refractivity contribution is 14.1. The summed E-state index contributed by atoms with van der Waals surface area (Å²) in [5.74, 6) is -0.493. The predicted molar refractivity (Wildman–Crippen MR) is 61.9 cm³/mol. The second kappa shape index (κ2) is 4.65. The Bertz CT molecular complexity index is 468. The molecule has 1 aromatic rings. The maximum Gasteiger partial charge on any atom is 0.267 e. The fourth-order valence-corrected chi connectivity index (χ4v) is 2.04. The molecule has 1 amide bonds. The van der Waals surface area contributed by atoms with E-state index >= 15 is 0 Å². The summed E-state index contributed by atoms with van der Waals surface area (Å²) in [6.07, 6.45) is 0. The van der Waals surface area contributed by atoms with Crippen LogP contribution in [0.1, 0.15) is 0 Å². The Hall–Kier alpha value is -0.370. The lowest BCUT2D eigenvalue weighted by atomic mass is 10.6. The summed E-state index contributed by atoms with van der Waals surface area (Å²) in [5.41, 5.74) is 5.26. The van der Waals surface area contributed by atoms with Crippen LogP contribution < -0.4 is 16.2 Å². The average Bonchev–Trinajstić information content (AvgIpc) is 2.51. The molecule has 0 aliphatic carbocycles. The number of primary sulfonamides is 1. The number of sulfonamides is 1. The van der Waals surface area contributed by atoms with E-state index in [1.807, 2.05) is 0 Å². The van der Waals surface area contributed by atoms with Gasteiger partial charge in [0.25, 0.3) is 15.9 Å². The molecular weight excluding hydrogens is 357 g/mol. The average molecular weight is 363 g/mol. The molecule has 0 fully saturated rings. The van der Waals surface area contributed by atoms with Gasteiger partial charge in [-0.1, -0.05) is 33.9 Å². The van der Waals surface area contributed by atoms with Gasteiger partial charge in [-0.15, -0.1) is 10.2 Å². The minimum atomic E-state index is -3.88. The van der Waals surface area contributed by atoms with E-state index in [-0.39, 0.29) is 9.47 Å².